The molecule has 0 aliphatic carbocycles. The summed E-state index contributed by atoms with van der Waals surface area (Å²) < 4.78 is 0. The Morgan fingerprint density at radius 2 is 1.96 bits per heavy atom. The van der Waals surface area contributed by atoms with E-state index in [1.165, 1.54) is 4.90 Å². The Balaban J connectivity index is 2.74. The van der Waals surface area contributed by atoms with Gasteiger partial charge in [-0.1, -0.05) is 20.3 Å². The highest BCUT2D eigenvalue weighted by Gasteiger charge is 2.43. The van der Waals surface area contributed by atoms with Crippen LogP contribution in [0, 0.1) is 0 Å². The molecule has 0 spiro atoms. The molecule has 1 aliphatic rings. The van der Waals surface area contributed by atoms with E-state index >= 15 is 0 Å². The molecule has 1 heterocycles. The predicted octanol–water partition coefficient (Wildman–Crippen LogP) is -0.938. The zero-order valence-corrected chi connectivity index (χ0v) is 15.1. The third-order valence-electron chi connectivity index (χ3n) is 3.95. The second-order valence-electron chi connectivity index (χ2n) is 6.09. The quantitative estimate of drug-likeness (QED) is 0.173. The molecule has 0 saturated carbocycles. The van der Waals surface area contributed by atoms with Gasteiger partial charge in [0.25, 0.3) is 11.8 Å². The number of guanidine groups is 1. The van der Waals surface area contributed by atoms with Crippen LogP contribution in [-0.2, 0) is 14.4 Å². The van der Waals surface area contributed by atoms with Crippen molar-refractivity contribution in [3.63, 3.8) is 0 Å². The number of unbranched alkanes of at least 4 members (excludes halogenated alkanes) is 1. The van der Waals surface area contributed by atoms with Crippen LogP contribution in [0.2, 0.25) is 0 Å². The van der Waals surface area contributed by atoms with Crippen molar-refractivity contribution in [2.45, 2.75) is 58.0 Å². The van der Waals surface area contributed by atoms with E-state index in [4.69, 9.17) is 11.5 Å². The number of piperazine rings is 1. The third kappa shape index (κ3) is 6.24. The monoisotopic (exact) mass is 354 g/mol. The van der Waals surface area contributed by atoms with Crippen molar-refractivity contribution in [1.82, 2.24) is 15.5 Å². The second-order valence-corrected chi connectivity index (χ2v) is 6.09. The molecule has 9 heteroatoms. The summed E-state index contributed by atoms with van der Waals surface area (Å²) in [4.78, 5) is 42.7. The standard InChI is InChI=1S/C16H30N6O3/c1-3-5-8-19-13(23)12-14(24)21-11(7-6-9-20-16(17)18)15(25)22(12)10-4-2/h11-12H,3-10H2,1-2H3,(H,19,23)(H,21,24)(H4,17,18,20). The van der Waals surface area contributed by atoms with Crippen molar-refractivity contribution in [1.29, 1.82) is 0 Å². The van der Waals surface area contributed by atoms with Gasteiger partial charge in [0.2, 0.25) is 5.91 Å². The summed E-state index contributed by atoms with van der Waals surface area (Å²) in [5.41, 5.74) is 10.5. The van der Waals surface area contributed by atoms with Crippen LogP contribution in [-0.4, -0.2) is 60.3 Å². The molecule has 6 N–H and O–H groups in total. The van der Waals surface area contributed by atoms with Gasteiger partial charge in [-0.15, -0.1) is 0 Å². The van der Waals surface area contributed by atoms with Crippen LogP contribution in [0.15, 0.2) is 4.99 Å². The molecule has 1 saturated heterocycles. The maximum Gasteiger partial charge on any atom is 0.253 e. The van der Waals surface area contributed by atoms with E-state index < -0.39 is 23.9 Å². The SMILES string of the molecule is CCCCNC(=O)C1C(=O)NC(CCCN=C(N)N)C(=O)N1CCC. The number of amides is 3. The van der Waals surface area contributed by atoms with E-state index in [1.54, 1.807) is 0 Å². The lowest BCUT2D eigenvalue weighted by atomic mass is 10.0. The lowest BCUT2D eigenvalue weighted by Gasteiger charge is -2.38. The number of nitrogens with one attached hydrogen (secondary N) is 2. The minimum atomic E-state index is -1.10. The van der Waals surface area contributed by atoms with E-state index in [2.05, 4.69) is 15.6 Å². The third-order valence-corrected chi connectivity index (χ3v) is 3.95. The molecule has 0 aromatic heterocycles. The van der Waals surface area contributed by atoms with Crippen molar-refractivity contribution in [2.75, 3.05) is 19.6 Å². The van der Waals surface area contributed by atoms with E-state index in [0.717, 1.165) is 12.8 Å². The Hall–Kier alpha value is -2.32. The summed E-state index contributed by atoms with van der Waals surface area (Å²) in [7, 11) is 0. The van der Waals surface area contributed by atoms with Gasteiger partial charge in [0.05, 0.1) is 0 Å². The number of carbonyl (C=O) groups is 3. The van der Waals surface area contributed by atoms with Gasteiger partial charge in [0.15, 0.2) is 12.0 Å². The van der Waals surface area contributed by atoms with Crippen molar-refractivity contribution >= 4 is 23.7 Å². The fourth-order valence-electron chi connectivity index (χ4n) is 2.71. The number of nitrogens with zero attached hydrogens (tertiary/aromatic N) is 2. The molecule has 2 unspecified atom stereocenters. The average Bonchev–Trinajstić information content (AvgIpc) is 2.55. The average molecular weight is 354 g/mol. The van der Waals surface area contributed by atoms with Gasteiger partial charge in [-0.05, 0) is 25.7 Å². The molecule has 1 fully saturated rings. The Morgan fingerprint density at radius 1 is 1.24 bits per heavy atom. The number of rotatable bonds is 10. The molecule has 142 valence electrons. The lowest BCUT2D eigenvalue weighted by Crippen LogP contribution is -2.67. The summed E-state index contributed by atoms with van der Waals surface area (Å²) in [5.74, 6) is -1.10. The first-order valence-corrected chi connectivity index (χ1v) is 8.86. The van der Waals surface area contributed by atoms with Crippen LogP contribution < -0.4 is 22.1 Å². The molecule has 9 nitrogen and oxygen atoms in total. The smallest absolute Gasteiger partial charge is 0.253 e. The van der Waals surface area contributed by atoms with Gasteiger partial charge < -0.3 is 27.0 Å². The molecule has 0 aromatic carbocycles. The van der Waals surface area contributed by atoms with Gasteiger partial charge in [-0.25, -0.2) is 0 Å². The molecule has 0 bridgehead atoms. The number of hydrogen-bond acceptors (Lipinski definition) is 4. The molecule has 1 aliphatic heterocycles. The minimum absolute atomic E-state index is 0.00423. The highest BCUT2D eigenvalue weighted by molar-refractivity contribution is 6.10. The largest absolute Gasteiger partial charge is 0.370 e. The zero-order valence-electron chi connectivity index (χ0n) is 15.1. The Morgan fingerprint density at radius 3 is 2.56 bits per heavy atom. The molecular weight excluding hydrogens is 324 g/mol. The van der Waals surface area contributed by atoms with Crippen LogP contribution >= 0.6 is 0 Å². The number of hydrogen-bond donors (Lipinski definition) is 4. The van der Waals surface area contributed by atoms with E-state index in [1.807, 2.05) is 13.8 Å². The van der Waals surface area contributed by atoms with Crippen molar-refractivity contribution in [3.8, 4) is 0 Å². The fourth-order valence-corrected chi connectivity index (χ4v) is 2.71. The molecule has 25 heavy (non-hydrogen) atoms. The van der Waals surface area contributed by atoms with Gasteiger partial charge in [-0.2, -0.15) is 0 Å². The molecule has 1 rings (SSSR count). The number of aliphatic imine (C=N–C) groups is 1. The Kier molecular flexibility index (Phi) is 8.73. The van der Waals surface area contributed by atoms with Crippen LogP contribution in [0.5, 0.6) is 0 Å². The maximum atomic E-state index is 12.7. The highest BCUT2D eigenvalue weighted by Crippen LogP contribution is 2.15. The summed E-state index contributed by atoms with van der Waals surface area (Å²) in [6.07, 6.45) is 3.41. The summed E-state index contributed by atoms with van der Waals surface area (Å²) in [5, 5.41) is 5.40. The number of carbonyl (C=O) groups excluding carboxylic acids is 3. The van der Waals surface area contributed by atoms with Gasteiger partial charge >= 0.3 is 0 Å². The molecule has 2 atom stereocenters. The minimum Gasteiger partial charge on any atom is -0.370 e. The van der Waals surface area contributed by atoms with Gasteiger partial charge in [-0.3, -0.25) is 19.4 Å². The van der Waals surface area contributed by atoms with Crippen molar-refractivity contribution < 1.29 is 14.4 Å². The highest BCUT2D eigenvalue weighted by atomic mass is 16.2. The van der Waals surface area contributed by atoms with Crippen molar-refractivity contribution in [3.05, 3.63) is 0 Å². The number of nitrogens with two attached hydrogens (primary N) is 2. The summed E-state index contributed by atoms with van der Waals surface area (Å²) in [6.45, 7) is 5.16. The topological polar surface area (TPSA) is 143 Å². The van der Waals surface area contributed by atoms with E-state index in [9.17, 15) is 14.4 Å². The molecule has 3 amide bonds. The normalized spacial score (nSPS) is 20.2. The lowest BCUT2D eigenvalue weighted by molar-refractivity contribution is -0.154. The van der Waals surface area contributed by atoms with E-state index in [0.29, 0.717) is 38.9 Å². The first kappa shape index (κ1) is 20.7. The molecule has 0 radical (unpaired) electrons. The predicted molar refractivity (Wildman–Crippen MR) is 95.6 cm³/mol. The fraction of sp³-hybridized carbons (Fsp3) is 0.750. The van der Waals surface area contributed by atoms with Gasteiger partial charge in [0.1, 0.15) is 6.04 Å². The van der Waals surface area contributed by atoms with Crippen molar-refractivity contribution in [2.24, 2.45) is 16.5 Å². The molecular formula is C16H30N6O3. The first-order valence-electron chi connectivity index (χ1n) is 8.86. The van der Waals surface area contributed by atoms with Crippen LogP contribution in [0.25, 0.3) is 0 Å². The Labute approximate surface area is 148 Å². The van der Waals surface area contributed by atoms with Crippen LogP contribution in [0.1, 0.15) is 46.0 Å². The Bertz CT molecular complexity index is 504. The van der Waals surface area contributed by atoms with Crippen LogP contribution in [0.3, 0.4) is 0 Å². The summed E-state index contributed by atoms with van der Waals surface area (Å²) in [6, 6.07) is -1.74. The zero-order chi connectivity index (χ0) is 18.8. The van der Waals surface area contributed by atoms with Gasteiger partial charge in [0, 0.05) is 19.6 Å². The molecule has 0 aromatic rings. The maximum absolute atomic E-state index is 12.7. The summed E-state index contributed by atoms with van der Waals surface area (Å²) >= 11 is 0. The second kappa shape index (κ2) is 10.5. The first-order chi connectivity index (χ1) is 11.9. The van der Waals surface area contributed by atoms with E-state index in [-0.39, 0.29) is 11.9 Å². The van der Waals surface area contributed by atoms with Crippen LogP contribution in [0.4, 0.5) is 0 Å².